The highest BCUT2D eigenvalue weighted by Gasteiger charge is 2.26. The van der Waals surface area contributed by atoms with Gasteiger partial charge in [-0.2, -0.15) is 9.78 Å². The molecule has 0 bridgehead atoms. The van der Waals surface area contributed by atoms with Crippen molar-refractivity contribution in [2.75, 3.05) is 11.9 Å². The molecule has 1 aliphatic carbocycles. The molecule has 5 rings (SSSR count). The molecule has 9 heteroatoms. The molecular weight excluding hydrogens is 511 g/mol. The Labute approximate surface area is 231 Å². The summed E-state index contributed by atoms with van der Waals surface area (Å²) >= 11 is 0. The van der Waals surface area contributed by atoms with Gasteiger partial charge >= 0.3 is 6.03 Å². The molecule has 0 aliphatic heterocycles. The summed E-state index contributed by atoms with van der Waals surface area (Å²) in [5, 5.41) is 21.1. The van der Waals surface area contributed by atoms with Gasteiger partial charge < -0.3 is 20.5 Å². The van der Waals surface area contributed by atoms with E-state index in [4.69, 9.17) is 4.74 Å². The first kappa shape index (κ1) is 26.9. The number of ether oxygens (including phenoxy) is 1. The number of rotatable bonds is 8. The number of halogens is 1. The second kappa shape index (κ2) is 12.0. The van der Waals surface area contributed by atoms with E-state index in [0.717, 1.165) is 36.9 Å². The van der Waals surface area contributed by atoms with Crippen LogP contribution in [0.15, 0.2) is 72.8 Å². The molecule has 1 heterocycles. The van der Waals surface area contributed by atoms with Gasteiger partial charge in [-0.15, -0.1) is 0 Å². The SMILES string of the molecule is CCOc1ccc(C(=O)Nc2ccc(-c3cc(C4CCCC4)n(C(=O)NCc4ccc(F)cc4)n3)c(O)c2)cc1. The average molecular weight is 543 g/mol. The van der Waals surface area contributed by atoms with E-state index in [9.17, 15) is 19.1 Å². The van der Waals surface area contributed by atoms with Crippen LogP contribution in [0, 0.1) is 5.82 Å². The Kier molecular flexibility index (Phi) is 8.10. The Morgan fingerprint density at radius 3 is 2.42 bits per heavy atom. The fraction of sp³-hybridized carbons (Fsp3) is 0.258. The fourth-order valence-electron chi connectivity index (χ4n) is 4.96. The Morgan fingerprint density at radius 2 is 1.75 bits per heavy atom. The van der Waals surface area contributed by atoms with Crippen molar-refractivity contribution in [1.82, 2.24) is 15.1 Å². The van der Waals surface area contributed by atoms with E-state index in [0.29, 0.717) is 34.9 Å². The summed E-state index contributed by atoms with van der Waals surface area (Å²) in [4.78, 5) is 25.8. The van der Waals surface area contributed by atoms with Crippen LogP contribution in [0.2, 0.25) is 0 Å². The average Bonchev–Trinajstić information content (AvgIpc) is 3.64. The second-order valence-electron chi connectivity index (χ2n) is 9.78. The zero-order chi connectivity index (χ0) is 28.1. The summed E-state index contributed by atoms with van der Waals surface area (Å²) in [5.74, 6) is 0.144. The van der Waals surface area contributed by atoms with E-state index in [1.807, 2.05) is 13.0 Å². The molecule has 0 spiro atoms. The van der Waals surface area contributed by atoms with Crippen LogP contribution < -0.4 is 15.4 Å². The lowest BCUT2D eigenvalue weighted by Gasteiger charge is -2.12. The summed E-state index contributed by atoms with van der Waals surface area (Å²) in [5.41, 5.74) is 3.34. The van der Waals surface area contributed by atoms with Crippen LogP contribution in [-0.4, -0.2) is 33.4 Å². The molecule has 2 amide bonds. The Hall–Kier alpha value is -4.66. The largest absolute Gasteiger partial charge is 0.507 e. The standard InChI is InChI=1S/C31H31FN4O4/c1-2-40-25-14-9-22(10-15-25)30(38)34-24-13-16-26(29(37)17-24)27-18-28(21-5-3-4-6-21)36(35-27)31(39)33-19-20-7-11-23(32)12-8-20/h7-18,21,37H,2-6,19H2,1H3,(H,33,39)(H,34,38). The van der Waals surface area contributed by atoms with Crippen molar-refractivity contribution in [2.45, 2.75) is 45.1 Å². The van der Waals surface area contributed by atoms with E-state index < -0.39 is 6.03 Å². The number of aromatic hydroxyl groups is 1. The summed E-state index contributed by atoms with van der Waals surface area (Å²) < 4.78 is 20.0. The molecule has 3 aromatic carbocycles. The van der Waals surface area contributed by atoms with Crippen LogP contribution in [0.4, 0.5) is 14.9 Å². The number of hydrogen-bond acceptors (Lipinski definition) is 5. The van der Waals surface area contributed by atoms with Gasteiger partial charge in [0, 0.05) is 35.3 Å². The van der Waals surface area contributed by atoms with Gasteiger partial charge in [0.25, 0.3) is 5.91 Å². The van der Waals surface area contributed by atoms with Gasteiger partial charge in [-0.25, -0.2) is 9.18 Å². The third-order valence-corrected chi connectivity index (χ3v) is 7.02. The number of amides is 2. The zero-order valence-corrected chi connectivity index (χ0v) is 22.2. The first-order chi connectivity index (χ1) is 19.4. The van der Waals surface area contributed by atoms with Crippen LogP contribution in [0.1, 0.15) is 60.1 Å². The van der Waals surface area contributed by atoms with Gasteiger partial charge in [0.05, 0.1) is 18.0 Å². The Bertz CT molecular complexity index is 1490. The van der Waals surface area contributed by atoms with Crippen molar-refractivity contribution < 1.29 is 23.8 Å². The lowest BCUT2D eigenvalue weighted by Crippen LogP contribution is -2.30. The lowest BCUT2D eigenvalue weighted by molar-refractivity contribution is 0.102. The van der Waals surface area contributed by atoms with Crippen molar-refractivity contribution in [3.8, 4) is 22.8 Å². The van der Waals surface area contributed by atoms with Crippen molar-refractivity contribution in [3.05, 3.63) is 95.4 Å². The van der Waals surface area contributed by atoms with E-state index in [1.165, 1.54) is 22.9 Å². The molecule has 206 valence electrons. The fourth-order valence-corrected chi connectivity index (χ4v) is 4.96. The summed E-state index contributed by atoms with van der Waals surface area (Å²) in [6.45, 7) is 2.66. The minimum Gasteiger partial charge on any atom is -0.507 e. The van der Waals surface area contributed by atoms with E-state index in [2.05, 4.69) is 15.7 Å². The smallest absolute Gasteiger partial charge is 0.342 e. The number of anilines is 1. The highest BCUT2D eigenvalue weighted by molar-refractivity contribution is 6.04. The van der Waals surface area contributed by atoms with E-state index >= 15 is 0 Å². The highest BCUT2D eigenvalue weighted by atomic mass is 19.1. The van der Waals surface area contributed by atoms with Gasteiger partial charge in [0.15, 0.2) is 0 Å². The number of nitrogens with one attached hydrogen (secondary N) is 2. The number of hydrogen-bond donors (Lipinski definition) is 3. The van der Waals surface area contributed by atoms with E-state index in [-0.39, 0.29) is 29.9 Å². The predicted octanol–water partition coefficient (Wildman–Crippen LogP) is 6.46. The predicted molar refractivity (Wildman–Crippen MR) is 150 cm³/mol. The number of carbonyl (C=O) groups is 2. The van der Waals surface area contributed by atoms with Crippen LogP contribution in [0.5, 0.6) is 11.5 Å². The molecule has 0 atom stereocenters. The summed E-state index contributed by atoms with van der Waals surface area (Å²) in [6, 6.07) is 19.0. The molecule has 8 nitrogen and oxygen atoms in total. The molecule has 1 saturated carbocycles. The quantitative estimate of drug-likeness (QED) is 0.237. The number of phenolic OH excluding ortho intramolecular Hbond substituents is 1. The van der Waals surface area contributed by atoms with Crippen LogP contribution in [0.25, 0.3) is 11.3 Å². The summed E-state index contributed by atoms with van der Waals surface area (Å²) in [7, 11) is 0. The van der Waals surface area contributed by atoms with Crippen LogP contribution in [-0.2, 0) is 6.54 Å². The molecule has 1 aromatic heterocycles. The number of aromatic nitrogens is 2. The first-order valence-corrected chi connectivity index (χ1v) is 13.4. The summed E-state index contributed by atoms with van der Waals surface area (Å²) in [6.07, 6.45) is 4.07. The topological polar surface area (TPSA) is 105 Å². The number of benzene rings is 3. The molecular formula is C31H31FN4O4. The van der Waals surface area contributed by atoms with Gasteiger partial charge in [0.2, 0.25) is 0 Å². The van der Waals surface area contributed by atoms with Gasteiger partial charge in [0.1, 0.15) is 17.3 Å². The highest BCUT2D eigenvalue weighted by Crippen LogP contribution is 2.38. The minimum atomic E-state index is -0.392. The molecule has 40 heavy (non-hydrogen) atoms. The third-order valence-electron chi connectivity index (χ3n) is 7.02. The molecule has 0 unspecified atom stereocenters. The van der Waals surface area contributed by atoms with Crippen molar-refractivity contribution in [1.29, 1.82) is 0 Å². The normalized spacial score (nSPS) is 13.2. The third kappa shape index (κ3) is 6.14. The number of phenols is 1. The molecule has 1 fully saturated rings. The second-order valence-corrected chi connectivity index (χ2v) is 9.78. The molecule has 0 saturated heterocycles. The molecule has 0 radical (unpaired) electrons. The minimum absolute atomic E-state index is 0.0705. The van der Waals surface area contributed by atoms with Gasteiger partial charge in [-0.1, -0.05) is 25.0 Å². The van der Waals surface area contributed by atoms with Crippen molar-refractivity contribution in [3.63, 3.8) is 0 Å². The maximum absolute atomic E-state index is 13.2. The first-order valence-electron chi connectivity index (χ1n) is 13.4. The van der Waals surface area contributed by atoms with Crippen LogP contribution >= 0.6 is 0 Å². The Balaban J connectivity index is 1.34. The molecule has 3 N–H and O–H groups in total. The molecule has 4 aromatic rings. The van der Waals surface area contributed by atoms with E-state index in [1.54, 1.807) is 48.5 Å². The van der Waals surface area contributed by atoms with Gasteiger partial charge in [-0.05, 0) is 79.9 Å². The van der Waals surface area contributed by atoms with Crippen molar-refractivity contribution in [2.24, 2.45) is 0 Å². The number of carbonyl (C=O) groups excluding carboxylic acids is 2. The Morgan fingerprint density at radius 1 is 1.02 bits per heavy atom. The van der Waals surface area contributed by atoms with Gasteiger partial charge in [-0.3, -0.25) is 4.79 Å². The van der Waals surface area contributed by atoms with Crippen LogP contribution in [0.3, 0.4) is 0 Å². The molecule has 1 aliphatic rings. The lowest BCUT2D eigenvalue weighted by atomic mass is 10.0. The number of nitrogens with zero attached hydrogens (tertiary/aromatic N) is 2. The van der Waals surface area contributed by atoms with Crippen molar-refractivity contribution >= 4 is 17.6 Å². The maximum atomic E-state index is 13.2. The monoisotopic (exact) mass is 542 g/mol. The maximum Gasteiger partial charge on any atom is 0.342 e. The zero-order valence-electron chi connectivity index (χ0n) is 22.2.